The zero-order chi connectivity index (χ0) is 15.6. The summed E-state index contributed by atoms with van der Waals surface area (Å²) in [6.07, 6.45) is 0. The van der Waals surface area contributed by atoms with Crippen LogP contribution in [0.25, 0.3) is 0 Å². The molecule has 1 heterocycles. The van der Waals surface area contributed by atoms with Gasteiger partial charge in [-0.1, -0.05) is 17.8 Å². The van der Waals surface area contributed by atoms with Crippen molar-refractivity contribution >= 4 is 17.7 Å². The van der Waals surface area contributed by atoms with Crippen LogP contribution in [0.3, 0.4) is 0 Å². The van der Waals surface area contributed by atoms with Crippen LogP contribution >= 0.6 is 11.8 Å². The maximum atomic E-state index is 13.6. The smallest absolute Gasteiger partial charge is 0.338 e. The van der Waals surface area contributed by atoms with Gasteiger partial charge in [0.15, 0.2) is 5.16 Å². The molecule has 1 aromatic carbocycles. The summed E-state index contributed by atoms with van der Waals surface area (Å²) in [6, 6.07) is 4.12. The lowest BCUT2D eigenvalue weighted by Crippen LogP contribution is -2.01. The summed E-state index contributed by atoms with van der Waals surface area (Å²) >= 11 is 1.40. The molecule has 0 spiro atoms. The summed E-state index contributed by atoms with van der Waals surface area (Å²) in [5.41, 5.74) is 3.30. The molecular formula is C15H15FN2O2S. The molecule has 2 aromatic rings. The normalized spacial score (nSPS) is 10.7. The van der Waals surface area contributed by atoms with E-state index in [2.05, 4.69) is 9.97 Å². The second-order valence-corrected chi connectivity index (χ2v) is 5.65. The number of halogens is 1. The second kappa shape index (κ2) is 6.22. The molecule has 2 rings (SSSR count). The van der Waals surface area contributed by atoms with Gasteiger partial charge < -0.3 is 5.11 Å². The Kier molecular flexibility index (Phi) is 4.57. The first-order valence-corrected chi connectivity index (χ1v) is 7.33. The number of hydrogen-bond acceptors (Lipinski definition) is 4. The van der Waals surface area contributed by atoms with Crippen molar-refractivity contribution in [1.82, 2.24) is 9.97 Å². The molecule has 110 valence electrons. The van der Waals surface area contributed by atoms with Gasteiger partial charge in [0, 0.05) is 17.1 Å². The van der Waals surface area contributed by atoms with E-state index in [0.717, 1.165) is 17.0 Å². The van der Waals surface area contributed by atoms with Crippen molar-refractivity contribution in [3.05, 3.63) is 52.1 Å². The summed E-state index contributed by atoms with van der Waals surface area (Å²) in [5, 5.41) is 9.42. The number of hydrogen-bond donors (Lipinski definition) is 1. The van der Waals surface area contributed by atoms with Crippen molar-refractivity contribution in [2.45, 2.75) is 31.7 Å². The van der Waals surface area contributed by atoms with Crippen LogP contribution in [0.1, 0.15) is 32.9 Å². The lowest BCUT2D eigenvalue weighted by Gasteiger charge is -2.07. The third-order valence-corrected chi connectivity index (χ3v) is 4.16. The van der Waals surface area contributed by atoms with E-state index in [-0.39, 0.29) is 5.56 Å². The van der Waals surface area contributed by atoms with Gasteiger partial charge in [-0.25, -0.2) is 19.2 Å². The summed E-state index contributed by atoms with van der Waals surface area (Å²) in [4.78, 5) is 19.5. The van der Waals surface area contributed by atoms with Crippen LogP contribution in [0.2, 0.25) is 0 Å². The summed E-state index contributed by atoms with van der Waals surface area (Å²) in [5.74, 6) is -1.50. The van der Waals surface area contributed by atoms with E-state index >= 15 is 0 Å². The number of carbonyl (C=O) groups is 1. The molecular weight excluding hydrogens is 291 g/mol. The number of carboxylic acids is 1. The average Bonchev–Trinajstić information content (AvgIpc) is 2.42. The van der Waals surface area contributed by atoms with Crippen molar-refractivity contribution in [2.75, 3.05) is 0 Å². The molecule has 0 fully saturated rings. The average molecular weight is 306 g/mol. The molecule has 1 N–H and O–H groups in total. The minimum absolute atomic E-state index is 0.318. The van der Waals surface area contributed by atoms with Crippen molar-refractivity contribution in [3.8, 4) is 0 Å². The lowest BCUT2D eigenvalue weighted by atomic mass is 10.1. The topological polar surface area (TPSA) is 63.1 Å². The Hall–Kier alpha value is -1.95. The molecule has 0 amide bonds. The Labute approximate surface area is 126 Å². The highest BCUT2D eigenvalue weighted by molar-refractivity contribution is 7.98. The van der Waals surface area contributed by atoms with Crippen LogP contribution in [-0.2, 0) is 5.75 Å². The van der Waals surface area contributed by atoms with Gasteiger partial charge >= 0.3 is 5.97 Å². The summed E-state index contributed by atoms with van der Waals surface area (Å²) in [7, 11) is 0. The number of nitrogens with zero attached hydrogens (tertiary/aromatic N) is 2. The quantitative estimate of drug-likeness (QED) is 0.691. The van der Waals surface area contributed by atoms with Crippen molar-refractivity contribution in [1.29, 1.82) is 0 Å². The molecule has 21 heavy (non-hydrogen) atoms. The number of aromatic nitrogens is 2. The van der Waals surface area contributed by atoms with Gasteiger partial charge in [0.05, 0.1) is 5.56 Å². The van der Waals surface area contributed by atoms with Crippen LogP contribution in [0.5, 0.6) is 0 Å². The first-order chi connectivity index (χ1) is 9.88. The van der Waals surface area contributed by atoms with Gasteiger partial charge in [0.2, 0.25) is 0 Å². The van der Waals surface area contributed by atoms with E-state index in [1.165, 1.54) is 23.9 Å². The van der Waals surface area contributed by atoms with E-state index in [4.69, 9.17) is 5.11 Å². The SMILES string of the molecule is Cc1nc(SCc2ccc(C(=O)O)c(F)c2)nc(C)c1C. The van der Waals surface area contributed by atoms with Crippen LogP contribution in [0.4, 0.5) is 4.39 Å². The van der Waals surface area contributed by atoms with E-state index in [1.807, 2.05) is 20.8 Å². The Morgan fingerprint density at radius 1 is 1.24 bits per heavy atom. The molecule has 0 saturated carbocycles. The predicted octanol–water partition coefficient (Wildman–Crippen LogP) is 3.53. The van der Waals surface area contributed by atoms with Gasteiger partial charge in [-0.3, -0.25) is 0 Å². The molecule has 0 bridgehead atoms. The van der Waals surface area contributed by atoms with E-state index < -0.39 is 11.8 Å². The van der Waals surface area contributed by atoms with Crippen LogP contribution in [0.15, 0.2) is 23.4 Å². The highest BCUT2D eigenvalue weighted by atomic mass is 32.2. The Bertz CT molecular complexity index is 681. The van der Waals surface area contributed by atoms with Gasteiger partial charge in [-0.15, -0.1) is 0 Å². The number of carboxylic acid groups (broad SMARTS) is 1. The molecule has 0 aliphatic heterocycles. The van der Waals surface area contributed by atoms with Gasteiger partial charge in [0.25, 0.3) is 0 Å². The minimum Gasteiger partial charge on any atom is -0.478 e. The maximum Gasteiger partial charge on any atom is 0.338 e. The van der Waals surface area contributed by atoms with Crippen molar-refractivity contribution in [2.24, 2.45) is 0 Å². The zero-order valence-electron chi connectivity index (χ0n) is 12.0. The number of aryl methyl sites for hydroxylation is 2. The van der Waals surface area contributed by atoms with E-state index in [1.54, 1.807) is 6.07 Å². The first kappa shape index (κ1) is 15.4. The molecule has 0 saturated heterocycles. The van der Waals surface area contributed by atoms with E-state index in [0.29, 0.717) is 16.5 Å². The summed E-state index contributed by atoms with van der Waals surface area (Å²) < 4.78 is 13.6. The molecule has 6 heteroatoms. The highest BCUT2D eigenvalue weighted by Gasteiger charge is 2.11. The highest BCUT2D eigenvalue weighted by Crippen LogP contribution is 2.22. The zero-order valence-corrected chi connectivity index (χ0v) is 12.8. The molecule has 0 radical (unpaired) electrons. The predicted molar refractivity (Wildman–Crippen MR) is 79.2 cm³/mol. The monoisotopic (exact) mass is 306 g/mol. The molecule has 0 atom stereocenters. The largest absolute Gasteiger partial charge is 0.478 e. The number of benzene rings is 1. The number of thioether (sulfide) groups is 1. The molecule has 0 aliphatic carbocycles. The fourth-order valence-corrected chi connectivity index (χ4v) is 2.65. The van der Waals surface area contributed by atoms with Crippen molar-refractivity contribution in [3.63, 3.8) is 0 Å². The molecule has 1 aromatic heterocycles. The standard InChI is InChI=1S/C15H15FN2O2S/c1-8-9(2)17-15(18-10(8)3)21-7-11-4-5-12(14(19)20)13(16)6-11/h4-6H,7H2,1-3H3,(H,19,20). The Balaban J connectivity index is 2.13. The van der Waals surface area contributed by atoms with Crippen molar-refractivity contribution < 1.29 is 14.3 Å². The van der Waals surface area contributed by atoms with Crippen LogP contribution < -0.4 is 0 Å². The van der Waals surface area contributed by atoms with Gasteiger partial charge in [0.1, 0.15) is 5.82 Å². The third-order valence-electron chi connectivity index (χ3n) is 3.24. The third kappa shape index (κ3) is 3.58. The number of aromatic carboxylic acids is 1. The molecule has 0 unspecified atom stereocenters. The number of rotatable bonds is 4. The molecule has 0 aliphatic rings. The van der Waals surface area contributed by atoms with E-state index in [9.17, 15) is 9.18 Å². The first-order valence-electron chi connectivity index (χ1n) is 6.35. The van der Waals surface area contributed by atoms with Gasteiger partial charge in [-0.2, -0.15) is 0 Å². The lowest BCUT2D eigenvalue weighted by molar-refractivity contribution is 0.0692. The minimum atomic E-state index is -1.26. The summed E-state index contributed by atoms with van der Waals surface area (Å²) in [6.45, 7) is 5.82. The Morgan fingerprint density at radius 2 is 1.86 bits per heavy atom. The second-order valence-electron chi connectivity index (χ2n) is 4.71. The Morgan fingerprint density at radius 3 is 2.38 bits per heavy atom. The fraction of sp³-hybridized carbons (Fsp3) is 0.267. The molecule has 4 nitrogen and oxygen atoms in total. The van der Waals surface area contributed by atoms with Gasteiger partial charge in [-0.05, 0) is 44.0 Å². The maximum absolute atomic E-state index is 13.6. The fourth-order valence-electron chi connectivity index (χ4n) is 1.78. The van der Waals surface area contributed by atoms with Crippen LogP contribution in [-0.4, -0.2) is 21.0 Å². The van der Waals surface area contributed by atoms with Crippen LogP contribution in [0, 0.1) is 26.6 Å².